The van der Waals surface area contributed by atoms with E-state index in [2.05, 4.69) is 10.6 Å². The van der Waals surface area contributed by atoms with Gasteiger partial charge in [0.05, 0.1) is 0 Å². The lowest BCUT2D eigenvalue weighted by Crippen LogP contribution is -2.37. The Bertz CT molecular complexity index is 661. The zero-order valence-electron chi connectivity index (χ0n) is 13.6. The van der Waals surface area contributed by atoms with E-state index >= 15 is 0 Å². The second-order valence-corrected chi connectivity index (χ2v) is 5.88. The number of carbonyl (C=O) groups excluding carboxylic acids is 1. The summed E-state index contributed by atoms with van der Waals surface area (Å²) in [6.07, 6.45) is 0. The highest BCUT2D eigenvalue weighted by molar-refractivity contribution is 6.32. The second kappa shape index (κ2) is 7.88. The van der Waals surface area contributed by atoms with Crippen molar-refractivity contribution in [3.63, 3.8) is 0 Å². The first-order chi connectivity index (χ1) is 11.0. The fraction of sp³-hybridized carbons (Fsp3) is 0.278. The van der Waals surface area contributed by atoms with Gasteiger partial charge in [0.15, 0.2) is 6.73 Å². The molecule has 5 heteroatoms. The third-order valence-electron chi connectivity index (χ3n) is 3.46. The summed E-state index contributed by atoms with van der Waals surface area (Å²) in [6.45, 7) is 6.45. The van der Waals surface area contributed by atoms with Crippen molar-refractivity contribution < 1.29 is 9.53 Å². The molecule has 0 saturated carbocycles. The minimum absolute atomic E-state index is 0.0975. The normalized spacial score (nSPS) is 10.3. The molecule has 0 fully saturated rings. The van der Waals surface area contributed by atoms with Gasteiger partial charge in [0.1, 0.15) is 5.75 Å². The van der Waals surface area contributed by atoms with Crippen molar-refractivity contribution in [2.75, 3.05) is 6.73 Å². The minimum Gasteiger partial charge on any atom is -0.473 e. The number of carbonyl (C=O) groups is 1. The van der Waals surface area contributed by atoms with Crippen molar-refractivity contribution in [3.05, 3.63) is 63.7 Å². The molecule has 0 aliphatic heterocycles. The van der Waals surface area contributed by atoms with Crippen LogP contribution in [0.15, 0.2) is 36.4 Å². The Morgan fingerprint density at radius 3 is 2.26 bits per heavy atom. The zero-order valence-corrected chi connectivity index (χ0v) is 14.3. The van der Waals surface area contributed by atoms with E-state index in [4.69, 9.17) is 16.3 Å². The Hall–Kier alpha value is -2.20. The summed E-state index contributed by atoms with van der Waals surface area (Å²) in [6, 6.07) is 11.4. The predicted octanol–water partition coefficient (Wildman–Crippen LogP) is 4.10. The standard InChI is InChI=1S/C18H21ClN2O2/c1-12-4-6-15(7-5-12)10-20-18(22)21-11-23-16-8-13(2)17(19)14(3)9-16/h4-9H,10-11H2,1-3H3,(H2,20,21,22). The topological polar surface area (TPSA) is 50.4 Å². The zero-order chi connectivity index (χ0) is 16.8. The lowest BCUT2D eigenvalue weighted by molar-refractivity contribution is 0.223. The third kappa shape index (κ3) is 5.18. The van der Waals surface area contributed by atoms with E-state index in [9.17, 15) is 4.79 Å². The number of hydrogen-bond donors (Lipinski definition) is 2. The third-order valence-corrected chi connectivity index (χ3v) is 4.05. The number of nitrogens with one attached hydrogen (secondary N) is 2. The number of ether oxygens (including phenoxy) is 1. The first-order valence-corrected chi connectivity index (χ1v) is 7.80. The lowest BCUT2D eigenvalue weighted by atomic mass is 10.1. The number of urea groups is 1. The van der Waals surface area contributed by atoms with Crippen molar-refractivity contribution in [1.29, 1.82) is 0 Å². The van der Waals surface area contributed by atoms with Crippen molar-refractivity contribution in [1.82, 2.24) is 10.6 Å². The maximum Gasteiger partial charge on any atom is 0.317 e. The molecule has 4 nitrogen and oxygen atoms in total. The van der Waals surface area contributed by atoms with Crippen LogP contribution in [0.25, 0.3) is 0 Å². The molecule has 0 spiro atoms. The van der Waals surface area contributed by atoms with Crippen LogP contribution < -0.4 is 15.4 Å². The highest BCUT2D eigenvalue weighted by atomic mass is 35.5. The van der Waals surface area contributed by atoms with Gasteiger partial charge >= 0.3 is 6.03 Å². The van der Waals surface area contributed by atoms with Gasteiger partial charge in [0.25, 0.3) is 0 Å². The number of hydrogen-bond acceptors (Lipinski definition) is 2. The van der Waals surface area contributed by atoms with Crippen molar-refractivity contribution in [2.45, 2.75) is 27.3 Å². The molecule has 23 heavy (non-hydrogen) atoms. The molecular weight excluding hydrogens is 312 g/mol. The van der Waals surface area contributed by atoms with Gasteiger partial charge in [-0.05, 0) is 49.6 Å². The van der Waals surface area contributed by atoms with Crippen LogP contribution >= 0.6 is 11.6 Å². The summed E-state index contributed by atoms with van der Waals surface area (Å²) in [5.74, 6) is 0.684. The first-order valence-electron chi connectivity index (χ1n) is 7.42. The number of halogens is 1. The number of rotatable bonds is 5. The summed E-state index contributed by atoms with van der Waals surface area (Å²) in [4.78, 5) is 11.7. The van der Waals surface area contributed by atoms with Gasteiger partial charge in [0, 0.05) is 11.6 Å². The Morgan fingerprint density at radius 2 is 1.65 bits per heavy atom. The molecule has 0 atom stereocenters. The molecule has 0 radical (unpaired) electrons. The van der Waals surface area contributed by atoms with Crippen LogP contribution in [0.5, 0.6) is 5.75 Å². The van der Waals surface area contributed by atoms with Crippen LogP contribution in [-0.2, 0) is 6.54 Å². The molecule has 2 N–H and O–H groups in total. The van der Waals surface area contributed by atoms with Crippen LogP contribution in [0, 0.1) is 20.8 Å². The number of amides is 2. The molecule has 0 bridgehead atoms. The average Bonchev–Trinajstić information content (AvgIpc) is 2.52. The van der Waals surface area contributed by atoms with Gasteiger partial charge in [-0.15, -0.1) is 0 Å². The summed E-state index contributed by atoms with van der Waals surface area (Å²) < 4.78 is 5.53. The van der Waals surface area contributed by atoms with Crippen LogP contribution in [0.4, 0.5) is 4.79 Å². The summed E-state index contributed by atoms with van der Waals surface area (Å²) in [7, 11) is 0. The van der Waals surface area contributed by atoms with E-state index in [1.165, 1.54) is 5.56 Å². The van der Waals surface area contributed by atoms with E-state index in [0.717, 1.165) is 21.7 Å². The molecule has 0 saturated heterocycles. The SMILES string of the molecule is Cc1ccc(CNC(=O)NCOc2cc(C)c(Cl)c(C)c2)cc1. The number of benzene rings is 2. The fourth-order valence-corrected chi connectivity index (χ4v) is 2.23. The largest absolute Gasteiger partial charge is 0.473 e. The molecular formula is C18H21ClN2O2. The van der Waals surface area contributed by atoms with Gasteiger partial charge in [-0.1, -0.05) is 41.4 Å². The summed E-state index contributed by atoms with van der Waals surface area (Å²) in [5, 5.41) is 6.18. The molecule has 0 aliphatic carbocycles. The van der Waals surface area contributed by atoms with Gasteiger partial charge in [-0.25, -0.2) is 4.79 Å². The quantitative estimate of drug-likeness (QED) is 0.810. The monoisotopic (exact) mass is 332 g/mol. The summed E-state index contributed by atoms with van der Waals surface area (Å²) >= 11 is 6.11. The van der Waals surface area contributed by atoms with E-state index in [1.54, 1.807) is 0 Å². The van der Waals surface area contributed by atoms with Crippen molar-refractivity contribution >= 4 is 17.6 Å². The molecule has 0 heterocycles. The fourth-order valence-electron chi connectivity index (χ4n) is 2.13. The van der Waals surface area contributed by atoms with E-state index in [-0.39, 0.29) is 12.8 Å². The Labute approximate surface area is 141 Å². The van der Waals surface area contributed by atoms with Crippen molar-refractivity contribution in [3.8, 4) is 5.75 Å². The molecule has 0 aliphatic rings. The van der Waals surface area contributed by atoms with Gasteiger partial charge in [0.2, 0.25) is 0 Å². The smallest absolute Gasteiger partial charge is 0.317 e. The maximum atomic E-state index is 11.7. The Morgan fingerprint density at radius 1 is 1.04 bits per heavy atom. The Kier molecular flexibility index (Phi) is 5.88. The lowest BCUT2D eigenvalue weighted by Gasteiger charge is -2.11. The van der Waals surface area contributed by atoms with Crippen LogP contribution in [0.3, 0.4) is 0 Å². The van der Waals surface area contributed by atoms with E-state index in [1.807, 2.05) is 57.2 Å². The molecule has 2 aromatic carbocycles. The van der Waals surface area contributed by atoms with E-state index < -0.39 is 0 Å². The van der Waals surface area contributed by atoms with Crippen LogP contribution in [0.2, 0.25) is 5.02 Å². The molecule has 2 rings (SSSR count). The maximum absolute atomic E-state index is 11.7. The van der Waals surface area contributed by atoms with Crippen molar-refractivity contribution in [2.24, 2.45) is 0 Å². The number of aryl methyl sites for hydroxylation is 3. The predicted molar refractivity (Wildman–Crippen MR) is 93.0 cm³/mol. The van der Waals surface area contributed by atoms with Gasteiger partial charge in [-0.3, -0.25) is 0 Å². The highest BCUT2D eigenvalue weighted by Gasteiger charge is 2.04. The molecule has 0 unspecified atom stereocenters. The molecule has 2 amide bonds. The van der Waals surface area contributed by atoms with Crippen LogP contribution in [0.1, 0.15) is 22.3 Å². The first kappa shape index (κ1) is 17.2. The molecule has 2 aromatic rings. The van der Waals surface area contributed by atoms with Crippen LogP contribution in [-0.4, -0.2) is 12.8 Å². The van der Waals surface area contributed by atoms with E-state index in [0.29, 0.717) is 12.3 Å². The molecule has 0 aromatic heterocycles. The summed E-state index contributed by atoms with van der Waals surface area (Å²) in [5.41, 5.74) is 4.15. The minimum atomic E-state index is -0.270. The second-order valence-electron chi connectivity index (χ2n) is 5.50. The Balaban J connectivity index is 1.75. The average molecular weight is 333 g/mol. The van der Waals surface area contributed by atoms with Gasteiger partial charge in [-0.2, -0.15) is 0 Å². The van der Waals surface area contributed by atoms with Gasteiger partial charge < -0.3 is 15.4 Å². The molecule has 122 valence electrons. The highest BCUT2D eigenvalue weighted by Crippen LogP contribution is 2.25.